The number of rotatable bonds is 1. The van der Waals surface area contributed by atoms with E-state index < -0.39 is 5.41 Å². The fourth-order valence-electron chi connectivity index (χ4n) is 9.52. The molecule has 11 rings (SSSR count). The first-order valence-electron chi connectivity index (χ1n) is 18.6. The van der Waals surface area contributed by atoms with Gasteiger partial charge in [-0.15, -0.1) is 0 Å². The molecule has 3 aliphatic rings. The van der Waals surface area contributed by atoms with Crippen LogP contribution in [0.5, 0.6) is 0 Å². The van der Waals surface area contributed by atoms with Gasteiger partial charge < -0.3 is 4.57 Å². The Balaban J connectivity index is 0.00000166. The van der Waals surface area contributed by atoms with Crippen LogP contribution in [0.2, 0.25) is 0 Å². The fraction of sp³-hybridized carbons (Fsp3) is 0.217. The lowest BCUT2D eigenvalue weighted by atomic mass is 9.62. The summed E-state index contributed by atoms with van der Waals surface area (Å²) in [5.74, 6) is 2.59. The fourth-order valence-corrected chi connectivity index (χ4v) is 9.52. The van der Waals surface area contributed by atoms with Crippen LogP contribution in [0, 0.1) is 17.8 Å². The van der Waals surface area contributed by atoms with Crippen molar-refractivity contribution in [3.63, 3.8) is 0 Å². The smallest absolute Gasteiger partial charge is 0.238 e. The van der Waals surface area contributed by atoms with E-state index in [0.717, 1.165) is 33.5 Å². The number of allylic oxidation sites excluding steroid dienone is 6. The Bertz CT molecular complexity index is 2900. The first kappa shape index (κ1) is 30.9. The molecular formula is C46H40N6. The third-order valence-electron chi connectivity index (χ3n) is 11.7. The molecule has 8 aromatic rings. The predicted octanol–water partition coefficient (Wildman–Crippen LogP) is 11.2. The molecule has 4 unspecified atom stereocenters. The van der Waals surface area contributed by atoms with Crippen molar-refractivity contribution in [3.05, 3.63) is 132 Å². The van der Waals surface area contributed by atoms with Gasteiger partial charge in [-0.25, -0.2) is 9.97 Å². The van der Waals surface area contributed by atoms with Crippen LogP contribution >= 0.6 is 0 Å². The Labute approximate surface area is 302 Å². The maximum atomic E-state index is 5.51. The lowest BCUT2D eigenvalue weighted by Crippen LogP contribution is -2.37. The van der Waals surface area contributed by atoms with Crippen LogP contribution in [0.15, 0.2) is 126 Å². The maximum absolute atomic E-state index is 5.51. The summed E-state index contributed by atoms with van der Waals surface area (Å²) in [6.07, 6.45) is 7.24. The number of pyridine rings is 1. The Morgan fingerprint density at radius 3 is 2.02 bits per heavy atom. The van der Waals surface area contributed by atoms with Gasteiger partial charge >= 0.3 is 0 Å². The van der Waals surface area contributed by atoms with Gasteiger partial charge in [0.05, 0.1) is 33.0 Å². The van der Waals surface area contributed by atoms with Gasteiger partial charge in [-0.3, -0.25) is 4.57 Å². The summed E-state index contributed by atoms with van der Waals surface area (Å²) < 4.78 is 4.85. The van der Waals surface area contributed by atoms with Crippen LogP contribution in [-0.4, -0.2) is 29.1 Å². The number of fused-ring (bicyclic) bond motifs is 13. The first-order chi connectivity index (χ1) is 25.4. The minimum absolute atomic E-state index is 0.103. The second-order valence-electron chi connectivity index (χ2n) is 14.6. The van der Waals surface area contributed by atoms with Crippen molar-refractivity contribution in [3.8, 4) is 17.5 Å². The molecule has 0 spiro atoms. The second-order valence-corrected chi connectivity index (χ2v) is 14.6. The van der Waals surface area contributed by atoms with Crippen molar-refractivity contribution in [1.82, 2.24) is 29.1 Å². The molecule has 0 saturated heterocycles. The number of benzene rings is 4. The van der Waals surface area contributed by atoms with E-state index in [1.165, 1.54) is 49.4 Å². The normalized spacial score (nSPS) is 21.9. The Hall–Kier alpha value is -5.88. The van der Waals surface area contributed by atoms with Gasteiger partial charge in [0.1, 0.15) is 11.5 Å². The average Bonchev–Trinajstić information content (AvgIpc) is 3.70. The molecule has 4 atom stereocenters. The summed E-state index contributed by atoms with van der Waals surface area (Å²) in [6, 6.07) is 34.5. The number of para-hydroxylation sites is 3. The Kier molecular flexibility index (Phi) is 6.57. The highest BCUT2D eigenvalue weighted by atomic mass is 15.2. The molecule has 0 amide bonds. The van der Waals surface area contributed by atoms with Gasteiger partial charge in [0, 0.05) is 38.5 Å². The molecule has 5 heterocycles. The summed E-state index contributed by atoms with van der Waals surface area (Å²) in [6.45, 7) is 13.4. The predicted molar refractivity (Wildman–Crippen MR) is 215 cm³/mol. The van der Waals surface area contributed by atoms with E-state index in [0.29, 0.717) is 17.7 Å². The molecule has 52 heavy (non-hydrogen) atoms. The van der Waals surface area contributed by atoms with Gasteiger partial charge in [0.15, 0.2) is 5.82 Å². The zero-order valence-electron chi connectivity index (χ0n) is 30.4. The quantitative estimate of drug-likeness (QED) is 0.162. The molecule has 6 heteroatoms. The number of aromatic nitrogens is 6. The summed E-state index contributed by atoms with van der Waals surface area (Å²) in [5, 5.41) is 5.91. The third-order valence-corrected chi connectivity index (χ3v) is 11.7. The molecule has 0 fully saturated rings. The van der Waals surface area contributed by atoms with E-state index in [2.05, 4.69) is 134 Å². The molecule has 0 radical (unpaired) electrons. The lowest BCUT2D eigenvalue weighted by molar-refractivity contribution is 0.506. The summed E-state index contributed by atoms with van der Waals surface area (Å²) in [5.41, 5.74) is 9.82. The van der Waals surface area contributed by atoms with Crippen LogP contribution in [-0.2, 0) is 5.41 Å². The molecule has 4 bridgehead atoms. The van der Waals surface area contributed by atoms with Crippen LogP contribution in [0.4, 0.5) is 0 Å². The van der Waals surface area contributed by atoms with Crippen molar-refractivity contribution in [2.24, 2.45) is 17.8 Å². The van der Waals surface area contributed by atoms with E-state index in [-0.39, 0.29) is 11.8 Å². The molecule has 4 aromatic carbocycles. The highest BCUT2D eigenvalue weighted by molar-refractivity contribution is 6.24. The number of nitrogens with zero attached hydrogens (tertiary/aromatic N) is 6. The van der Waals surface area contributed by atoms with E-state index in [1.54, 1.807) is 0 Å². The van der Waals surface area contributed by atoms with Crippen LogP contribution in [0.1, 0.15) is 47.4 Å². The van der Waals surface area contributed by atoms with Crippen molar-refractivity contribution >= 4 is 60.2 Å². The van der Waals surface area contributed by atoms with Crippen LogP contribution < -0.4 is 0 Å². The minimum atomic E-state index is -0.570. The molecule has 4 aromatic heterocycles. The molecule has 0 saturated carbocycles. The first-order valence-corrected chi connectivity index (χ1v) is 18.6. The summed E-state index contributed by atoms with van der Waals surface area (Å²) in [7, 11) is 0. The molecule has 254 valence electrons. The van der Waals surface area contributed by atoms with Crippen LogP contribution in [0.25, 0.3) is 77.7 Å². The zero-order valence-corrected chi connectivity index (χ0v) is 30.4. The maximum Gasteiger partial charge on any atom is 0.238 e. The monoisotopic (exact) mass is 676 g/mol. The summed E-state index contributed by atoms with van der Waals surface area (Å²) >= 11 is 0. The van der Waals surface area contributed by atoms with Crippen molar-refractivity contribution in [1.29, 1.82) is 0 Å². The molecule has 2 aliphatic carbocycles. The van der Waals surface area contributed by atoms with Gasteiger partial charge in [0.25, 0.3) is 0 Å². The topological polar surface area (TPSA) is 61.4 Å². The zero-order chi connectivity index (χ0) is 35.5. The Morgan fingerprint density at radius 1 is 0.615 bits per heavy atom. The molecule has 6 nitrogen and oxygen atoms in total. The largest absolute Gasteiger partial charge is 0.311 e. The average molecular weight is 677 g/mol. The summed E-state index contributed by atoms with van der Waals surface area (Å²) in [4.78, 5) is 21.3. The highest BCUT2D eigenvalue weighted by Crippen LogP contribution is 2.53. The highest BCUT2D eigenvalue weighted by Gasteiger charge is 2.45. The van der Waals surface area contributed by atoms with E-state index in [9.17, 15) is 0 Å². The number of hydrogen-bond acceptors (Lipinski definition) is 4. The van der Waals surface area contributed by atoms with Gasteiger partial charge in [-0.05, 0) is 48.6 Å². The SMILES string of the molecule is CC.CC1C=CC2(C)C3=C1C(C)C=C(C3C)n1c3ccccc3c3ccc4c5ccccc5n(c4c31)-c1nc(-c3ccc4ccccc4n3)nc2n1. The van der Waals surface area contributed by atoms with Crippen molar-refractivity contribution < 1.29 is 0 Å². The third kappa shape index (κ3) is 4.00. The van der Waals surface area contributed by atoms with Crippen LogP contribution in [0.3, 0.4) is 0 Å². The Morgan fingerprint density at radius 2 is 1.27 bits per heavy atom. The lowest BCUT2D eigenvalue weighted by Gasteiger charge is -2.44. The van der Waals surface area contributed by atoms with Gasteiger partial charge in [0.2, 0.25) is 5.95 Å². The van der Waals surface area contributed by atoms with E-state index in [1.807, 2.05) is 32.0 Å². The molecule has 0 N–H and O–H groups in total. The second kappa shape index (κ2) is 11.1. The molecular weight excluding hydrogens is 637 g/mol. The van der Waals surface area contributed by atoms with Gasteiger partial charge in [-0.1, -0.05) is 131 Å². The minimum Gasteiger partial charge on any atom is -0.311 e. The van der Waals surface area contributed by atoms with Gasteiger partial charge in [-0.2, -0.15) is 9.97 Å². The standard InChI is InChI=1S/C44H34N6.C2H6/c1-24-21-22-44(4)38-26(3)36(23-25(2)37(24)38)49-34-15-9-6-12-28(34)30-18-19-31-29-13-7-10-16-35(29)50(40(31)39(30)49)43-47-41(46-42(44)48-43)33-20-17-27-11-5-8-14-32(27)45-33;1-2/h5-26H,1-4H3;1-2H3. The van der Waals surface area contributed by atoms with E-state index >= 15 is 0 Å². The molecule has 1 aliphatic heterocycles. The van der Waals surface area contributed by atoms with Crippen molar-refractivity contribution in [2.45, 2.75) is 47.0 Å². The number of hydrogen-bond donors (Lipinski definition) is 0. The van der Waals surface area contributed by atoms with Crippen molar-refractivity contribution in [2.75, 3.05) is 0 Å². The van der Waals surface area contributed by atoms with E-state index in [4.69, 9.17) is 19.9 Å².